The molecule has 0 bridgehead atoms. The van der Waals surface area contributed by atoms with Gasteiger partial charge in [-0.05, 0) is 12.0 Å². The molecular weight excluding hydrogens is 168 g/mol. The molecule has 54 valence electrons. The normalized spacial score (nSPS) is 24.8. The van der Waals surface area contributed by atoms with Crippen molar-refractivity contribution in [2.75, 3.05) is 5.75 Å². The van der Waals surface area contributed by atoms with Gasteiger partial charge in [0.15, 0.2) is 0 Å². The lowest BCUT2D eigenvalue weighted by Gasteiger charge is -2.19. The lowest BCUT2D eigenvalue weighted by molar-refractivity contribution is 0.615. The second-order valence-electron chi connectivity index (χ2n) is 1.79. The number of nitrogens with zero attached hydrogens (tertiary/aromatic N) is 3. The first-order chi connectivity index (χ1) is 4.83. The Hall–Kier alpha value is -0.450. The third kappa shape index (κ3) is 2.06. The van der Waals surface area contributed by atoms with Crippen molar-refractivity contribution in [3.63, 3.8) is 0 Å². The van der Waals surface area contributed by atoms with Gasteiger partial charge < -0.3 is 5.32 Å². The minimum absolute atomic E-state index is 0.126. The molecule has 0 spiro atoms. The lowest BCUT2D eigenvalue weighted by Crippen LogP contribution is -2.34. The zero-order valence-electron chi connectivity index (χ0n) is 5.15. The summed E-state index contributed by atoms with van der Waals surface area (Å²) in [5, 5.41) is 6.39. The topological polar surface area (TPSA) is 60.8 Å². The third-order valence-electron chi connectivity index (χ3n) is 1.10. The number of rotatable bonds is 1. The van der Waals surface area contributed by atoms with E-state index in [0.717, 1.165) is 16.5 Å². The molecule has 1 heterocycles. The Labute approximate surface area is 68.0 Å². The minimum Gasteiger partial charge on any atom is -0.362 e. The van der Waals surface area contributed by atoms with E-state index in [1.165, 1.54) is 0 Å². The first-order valence-electron chi connectivity index (χ1n) is 2.80. The molecule has 4 nitrogen and oxygen atoms in total. The van der Waals surface area contributed by atoms with Crippen LogP contribution < -0.4 is 5.32 Å². The van der Waals surface area contributed by atoms with Crippen molar-refractivity contribution in [3.05, 3.63) is 10.4 Å². The summed E-state index contributed by atoms with van der Waals surface area (Å²) >= 11 is 6.45. The van der Waals surface area contributed by atoms with E-state index in [9.17, 15) is 0 Å². The zero-order valence-corrected chi connectivity index (χ0v) is 6.78. The molecule has 0 aromatic carbocycles. The molecule has 1 aliphatic heterocycles. The van der Waals surface area contributed by atoms with E-state index in [2.05, 4.69) is 15.3 Å². The van der Waals surface area contributed by atoms with Gasteiger partial charge in [0, 0.05) is 10.7 Å². The van der Waals surface area contributed by atoms with Crippen LogP contribution in [0.4, 0.5) is 0 Å². The molecule has 1 fully saturated rings. The van der Waals surface area contributed by atoms with Gasteiger partial charge in [0.25, 0.3) is 0 Å². The second-order valence-corrected chi connectivity index (χ2v) is 3.56. The first kappa shape index (κ1) is 7.65. The van der Waals surface area contributed by atoms with E-state index in [0.29, 0.717) is 0 Å². The van der Waals surface area contributed by atoms with Crippen LogP contribution in [0, 0.1) is 0 Å². The third-order valence-corrected chi connectivity index (χ3v) is 2.39. The second kappa shape index (κ2) is 3.65. The van der Waals surface area contributed by atoms with Gasteiger partial charge in [-0.25, -0.2) is 0 Å². The van der Waals surface area contributed by atoms with Gasteiger partial charge in [0.05, 0.1) is 0 Å². The fourth-order valence-corrected chi connectivity index (χ4v) is 1.79. The van der Waals surface area contributed by atoms with Crippen LogP contribution in [0.25, 0.3) is 10.4 Å². The van der Waals surface area contributed by atoms with Crippen LogP contribution in [0.3, 0.4) is 0 Å². The van der Waals surface area contributed by atoms with E-state index < -0.39 is 0 Å². The van der Waals surface area contributed by atoms with Crippen molar-refractivity contribution < 1.29 is 0 Å². The van der Waals surface area contributed by atoms with Gasteiger partial charge in [-0.15, -0.1) is 0 Å². The molecule has 0 amide bonds. The fourth-order valence-electron chi connectivity index (χ4n) is 0.662. The van der Waals surface area contributed by atoms with E-state index in [4.69, 9.17) is 17.7 Å². The van der Waals surface area contributed by atoms with Crippen molar-refractivity contribution >= 4 is 28.3 Å². The highest BCUT2D eigenvalue weighted by atomic mass is 32.2. The average molecular weight is 174 g/mol. The van der Waals surface area contributed by atoms with Crippen molar-refractivity contribution in [1.82, 2.24) is 5.32 Å². The van der Waals surface area contributed by atoms with Crippen molar-refractivity contribution in [2.24, 2.45) is 5.11 Å². The van der Waals surface area contributed by atoms with Crippen LogP contribution in [-0.4, -0.2) is 16.2 Å². The van der Waals surface area contributed by atoms with Gasteiger partial charge in [-0.1, -0.05) is 29.1 Å². The maximum absolute atomic E-state index is 8.07. The number of azide groups is 1. The van der Waals surface area contributed by atoms with Crippen molar-refractivity contribution in [1.29, 1.82) is 0 Å². The molecule has 1 unspecified atom stereocenters. The molecule has 6 heteroatoms. The number of thiocarbonyl (C=S) groups is 1. The summed E-state index contributed by atoms with van der Waals surface area (Å²) in [6.07, 6.45) is 0.730. The summed E-state index contributed by atoms with van der Waals surface area (Å²) in [6.45, 7) is 0. The summed E-state index contributed by atoms with van der Waals surface area (Å²) in [7, 11) is 0. The molecule has 0 radical (unpaired) electrons. The van der Waals surface area contributed by atoms with Crippen molar-refractivity contribution in [3.8, 4) is 0 Å². The van der Waals surface area contributed by atoms with Crippen LogP contribution in [-0.2, 0) is 0 Å². The maximum atomic E-state index is 8.07. The van der Waals surface area contributed by atoms with Crippen LogP contribution in [0.2, 0.25) is 0 Å². The quantitative estimate of drug-likeness (QED) is 0.284. The van der Waals surface area contributed by atoms with Crippen LogP contribution >= 0.6 is 24.0 Å². The van der Waals surface area contributed by atoms with Gasteiger partial charge in [0.1, 0.15) is 10.5 Å². The number of hydrogen-bond acceptors (Lipinski definition) is 3. The van der Waals surface area contributed by atoms with Gasteiger partial charge in [-0.3, -0.25) is 0 Å². The van der Waals surface area contributed by atoms with E-state index in [-0.39, 0.29) is 6.17 Å². The molecular formula is C4H6N4S2. The standard InChI is InChI=1S/C4H6N4S2/c5-8-7-3-1-2-10-4(9)6-3/h3H,1-2H2,(H,6,9). The smallest absolute Gasteiger partial charge is 0.134 e. The zero-order chi connectivity index (χ0) is 7.40. The predicted octanol–water partition coefficient (Wildman–Crippen LogP) is 1.63. The Kier molecular flexibility index (Phi) is 2.80. The summed E-state index contributed by atoms with van der Waals surface area (Å²) in [4.78, 5) is 2.69. The Bertz CT molecular complexity index is 186. The number of nitrogens with one attached hydrogen (secondary N) is 1. The summed E-state index contributed by atoms with van der Waals surface area (Å²) in [5.41, 5.74) is 8.07. The fraction of sp³-hybridized carbons (Fsp3) is 0.750. The predicted molar refractivity (Wildman–Crippen MR) is 45.7 cm³/mol. The van der Waals surface area contributed by atoms with Crippen LogP contribution in [0.5, 0.6) is 0 Å². The van der Waals surface area contributed by atoms with E-state index in [1.54, 1.807) is 11.8 Å². The molecule has 0 aromatic heterocycles. The molecule has 1 saturated heterocycles. The first-order valence-corrected chi connectivity index (χ1v) is 4.20. The molecule has 0 saturated carbocycles. The molecule has 10 heavy (non-hydrogen) atoms. The maximum Gasteiger partial charge on any atom is 0.134 e. The molecule has 0 aromatic rings. The highest BCUT2D eigenvalue weighted by molar-refractivity contribution is 8.23. The Morgan fingerprint density at radius 2 is 2.70 bits per heavy atom. The monoisotopic (exact) mass is 174 g/mol. The van der Waals surface area contributed by atoms with E-state index in [1.807, 2.05) is 0 Å². The molecule has 1 N–H and O–H groups in total. The average Bonchev–Trinajstić information content (AvgIpc) is 1.88. The van der Waals surface area contributed by atoms with E-state index >= 15 is 0 Å². The Morgan fingerprint density at radius 1 is 1.90 bits per heavy atom. The molecule has 1 rings (SSSR count). The highest BCUT2D eigenvalue weighted by Crippen LogP contribution is 2.13. The SMILES string of the molecule is [N-]=[N+]=NC1CCSC(=S)N1. The lowest BCUT2D eigenvalue weighted by atomic mass is 10.4. The van der Waals surface area contributed by atoms with Gasteiger partial charge in [-0.2, -0.15) is 0 Å². The minimum atomic E-state index is -0.126. The summed E-state index contributed by atoms with van der Waals surface area (Å²) < 4.78 is 0.726. The van der Waals surface area contributed by atoms with Gasteiger partial charge in [0.2, 0.25) is 0 Å². The van der Waals surface area contributed by atoms with Crippen LogP contribution in [0.1, 0.15) is 6.42 Å². The Balaban J connectivity index is 2.46. The summed E-state index contributed by atoms with van der Waals surface area (Å²) in [6, 6.07) is 0. The summed E-state index contributed by atoms with van der Waals surface area (Å²) in [5.74, 6) is 0.940. The van der Waals surface area contributed by atoms with Crippen LogP contribution in [0.15, 0.2) is 5.11 Å². The molecule has 1 aliphatic rings. The largest absolute Gasteiger partial charge is 0.362 e. The van der Waals surface area contributed by atoms with Crippen molar-refractivity contribution in [2.45, 2.75) is 12.6 Å². The highest BCUT2D eigenvalue weighted by Gasteiger charge is 2.13. The Morgan fingerprint density at radius 3 is 3.30 bits per heavy atom. The molecule has 0 aliphatic carbocycles. The number of hydrogen-bond donors (Lipinski definition) is 1. The number of thioether (sulfide) groups is 1. The molecule has 1 atom stereocenters. The van der Waals surface area contributed by atoms with Gasteiger partial charge >= 0.3 is 0 Å².